The van der Waals surface area contributed by atoms with Crippen LogP contribution >= 0.6 is 11.6 Å². The molecule has 0 saturated heterocycles. The molecule has 0 aliphatic heterocycles. The largest absolute Gasteiger partial charge is 0.508 e. The number of non-ortho nitro benzene ring substituents is 1. The van der Waals surface area contributed by atoms with Crippen LogP contribution in [0.1, 0.15) is 5.56 Å². The molecule has 0 amide bonds. The van der Waals surface area contributed by atoms with Crippen molar-refractivity contribution in [2.45, 2.75) is 6.54 Å². The Hall–Kier alpha value is -2.27. The zero-order valence-corrected chi connectivity index (χ0v) is 10.6. The summed E-state index contributed by atoms with van der Waals surface area (Å²) in [6.07, 6.45) is 0. The molecule has 98 valence electrons. The summed E-state index contributed by atoms with van der Waals surface area (Å²) in [6.45, 7) is 0.412. The Kier molecular flexibility index (Phi) is 3.87. The third kappa shape index (κ3) is 3.35. The molecule has 6 heteroatoms. The molecular formula is C13H11ClN2O3. The van der Waals surface area contributed by atoms with Gasteiger partial charge in [0, 0.05) is 18.7 Å². The smallest absolute Gasteiger partial charge is 0.271 e. The lowest BCUT2D eigenvalue weighted by Crippen LogP contribution is -2.00. The van der Waals surface area contributed by atoms with E-state index in [0.29, 0.717) is 17.3 Å². The van der Waals surface area contributed by atoms with Crippen molar-refractivity contribution in [2.24, 2.45) is 0 Å². The van der Waals surface area contributed by atoms with Crippen LogP contribution in [0.25, 0.3) is 0 Å². The maximum atomic E-state index is 10.7. The zero-order chi connectivity index (χ0) is 13.8. The first-order chi connectivity index (χ1) is 9.06. The van der Waals surface area contributed by atoms with Gasteiger partial charge in [-0.2, -0.15) is 0 Å². The van der Waals surface area contributed by atoms with Crippen molar-refractivity contribution in [1.29, 1.82) is 0 Å². The summed E-state index contributed by atoms with van der Waals surface area (Å²) in [4.78, 5) is 10.2. The number of nitro groups is 1. The Bertz CT molecular complexity index is 617. The van der Waals surface area contributed by atoms with E-state index in [1.165, 1.54) is 18.2 Å². The van der Waals surface area contributed by atoms with Gasteiger partial charge in [0.2, 0.25) is 0 Å². The number of nitrogens with one attached hydrogen (secondary N) is 1. The molecule has 19 heavy (non-hydrogen) atoms. The molecular weight excluding hydrogens is 268 g/mol. The average molecular weight is 279 g/mol. The fourth-order valence-corrected chi connectivity index (χ4v) is 1.81. The van der Waals surface area contributed by atoms with E-state index in [0.717, 1.165) is 5.56 Å². The Balaban J connectivity index is 2.15. The van der Waals surface area contributed by atoms with Crippen molar-refractivity contribution in [3.63, 3.8) is 0 Å². The molecule has 0 aliphatic rings. The number of hydrogen-bond acceptors (Lipinski definition) is 4. The second-order valence-corrected chi connectivity index (χ2v) is 4.35. The Morgan fingerprint density at radius 3 is 2.74 bits per heavy atom. The summed E-state index contributed by atoms with van der Waals surface area (Å²) in [5.74, 6) is 0.171. The van der Waals surface area contributed by atoms with Crippen molar-refractivity contribution in [2.75, 3.05) is 5.32 Å². The minimum Gasteiger partial charge on any atom is -0.508 e. The van der Waals surface area contributed by atoms with E-state index >= 15 is 0 Å². The summed E-state index contributed by atoms with van der Waals surface area (Å²) in [6, 6.07) is 10.9. The molecule has 0 unspecified atom stereocenters. The number of hydrogen-bond donors (Lipinski definition) is 2. The predicted octanol–water partition coefficient (Wildman–Crippen LogP) is 3.57. The number of phenolic OH excluding ortho intramolecular Hbond substituents is 1. The zero-order valence-electron chi connectivity index (χ0n) is 9.84. The highest BCUT2D eigenvalue weighted by molar-refractivity contribution is 6.33. The number of benzene rings is 2. The first kappa shape index (κ1) is 13.2. The van der Waals surface area contributed by atoms with Crippen molar-refractivity contribution in [3.05, 3.63) is 63.2 Å². The molecule has 2 rings (SSSR count). The van der Waals surface area contributed by atoms with Gasteiger partial charge in [0.25, 0.3) is 5.69 Å². The van der Waals surface area contributed by atoms with Crippen LogP contribution in [0.5, 0.6) is 5.75 Å². The van der Waals surface area contributed by atoms with Crippen molar-refractivity contribution < 1.29 is 10.0 Å². The van der Waals surface area contributed by atoms with Gasteiger partial charge in [-0.25, -0.2) is 0 Å². The molecule has 0 fully saturated rings. The number of phenols is 1. The van der Waals surface area contributed by atoms with E-state index in [1.54, 1.807) is 18.2 Å². The van der Waals surface area contributed by atoms with Crippen LogP contribution in [0.3, 0.4) is 0 Å². The summed E-state index contributed by atoms with van der Waals surface area (Å²) in [5.41, 5.74) is 1.31. The molecule has 0 heterocycles. The second kappa shape index (κ2) is 5.58. The first-order valence-corrected chi connectivity index (χ1v) is 5.90. The fraction of sp³-hybridized carbons (Fsp3) is 0.0769. The highest BCUT2D eigenvalue weighted by Crippen LogP contribution is 2.27. The summed E-state index contributed by atoms with van der Waals surface area (Å²) >= 11 is 5.96. The van der Waals surface area contributed by atoms with Gasteiger partial charge >= 0.3 is 0 Å². The van der Waals surface area contributed by atoms with E-state index < -0.39 is 4.92 Å². The van der Waals surface area contributed by atoms with Gasteiger partial charge in [-0.1, -0.05) is 23.7 Å². The second-order valence-electron chi connectivity index (χ2n) is 3.94. The van der Waals surface area contributed by atoms with Gasteiger partial charge in [-0.15, -0.1) is 0 Å². The standard InChI is InChI=1S/C13H11ClN2O3/c14-12-5-4-10(16(18)19)7-13(12)15-8-9-2-1-3-11(17)6-9/h1-7,15,17H,8H2. The fourth-order valence-electron chi connectivity index (χ4n) is 1.63. The molecule has 0 bridgehead atoms. The van der Waals surface area contributed by atoms with E-state index in [4.69, 9.17) is 11.6 Å². The number of nitrogens with zero attached hydrogens (tertiary/aromatic N) is 1. The maximum absolute atomic E-state index is 10.7. The van der Waals surface area contributed by atoms with Crippen LogP contribution in [0.15, 0.2) is 42.5 Å². The van der Waals surface area contributed by atoms with E-state index in [-0.39, 0.29) is 11.4 Å². The van der Waals surface area contributed by atoms with E-state index in [1.807, 2.05) is 6.07 Å². The van der Waals surface area contributed by atoms with Crippen LogP contribution in [0, 0.1) is 10.1 Å². The van der Waals surface area contributed by atoms with Crippen molar-refractivity contribution in [3.8, 4) is 5.75 Å². The Morgan fingerprint density at radius 2 is 2.05 bits per heavy atom. The minimum absolute atomic E-state index is 0.0252. The van der Waals surface area contributed by atoms with Crippen molar-refractivity contribution >= 4 is 23.0 Å². The number of nitro benzene ring substituents is 1. The predicted molar refractivity (Wildman–Crippen MR) is 73.5 cm³/mol. The highest BCUT2D eigenvalue weighted by Gasteiger charge is 2.09. The molecule has 0 aromatic heterocycles. The van der Waals surface area contributed by atoms with Crippen LogP contribution in [-0.4, -0.2) is 10.0 Å². The quantitative estimate of drug-likeness (QED) is 0.662. The average Bonchev–Trinajstić information content (AvgIpc) is 2.37. The Labute approximate surface area is 114 Å². The SMILES string of the molecule is O=[N+]([O-])c1ccc(Cl)c(NCc2cccc(O)c2)c1. The summed E-state index contributed by atoms with van der Waals surface area (Å²) in [5, 5.41) is 23.4. The van der Waals surface area contributed by atoms with Crippen LogP contribution in [0.4, 0.5) is 11.4 Å². The lowest BCUT2D eigenvalue weighted by molar-refractivity contribution is -0.384. The normalized spacial score (nSPS) is 10.2. The molecule has 0 radical (unpaired) electrons. The summed E-state index contributed by atoms with van der Waals surface area (Å²) in [7, 11) is 0. The Morgan fingerprint density at radius 1 is 1.26 bits per heavy atom. The molecule has 5 nitrogen and oxygen atoms in total. The monoisotopic (exact) mass is 278 g/mol. The lowest BCUT2D eigenvalue weighted by Gasteiger charge is -2.08. The van der Waals surface area contributed by atoms with Gasteiger partial charge < -0.3 is 10.4 Å². The molecule has 0 saturated carbocycles. The van der Waals surface area contributed by atoms with Crippen LogP contribution in [-0.2, 0) is 6.54 Å². The van der Waals surface area contributed by atoms with Crippen LogP contribution < -0.4 is 5.32 Å². The molecule has 0 aliphatic carbocycles. The molecule has 2 N–H and O–H groups in total. The van der Waals surface area contributed by atoms with Crippen molar-refractivity contribution in [1.82, 2.24) is 0 Å². The molecule has 2 aromatic carbocycles. The molecule has 0 atom stereocenters. The molecule has 0 spiro atoms. The van der Waals surface area contributed by atoms with E-state index in [9.17, 15) is 15.2 Å². The van der Waals surface area contributed by atoms with Gasteiger partial charge in [0.05, 0.1) is 15.6 Å². The minimum atomic E-state index is -0.476. The van der Waals surface area contributed by atoms with Crippen LogP contribution in [0.2, 0.25) is 5.02 Å². The highest BCUT2D eigenvalue weighted by atomic mass is 35.5. The third-order valence-corrected chi connectivity index (χ3v) is 2.88. The first-order valence-electron chi connectivity index (χ1n) is 5.52. The summed E-state index contributed by atoms with van der Waals surface area (Å²) < 4.78 is 0. The lowest BCUT2D eigenvalue weighted by atomic mass is 10.2. The topological polar surface area (TPSA) is 75.4 Å². The van der Waals surface area contributed by atoms with E-state index in [2.05, 4.69) is 5.32 Å². The van der Waals surface area contributed by atoms with Gasteiger partial charge in [-0.05, 0) is 23.8 Å². The van der Waals surface area contributed by atoms with Gasteiger partial charge in [0.15, 0.2) is 0 Å². The van der Waals surface area contributed by atoms with Gasteiger partial charge in [0.1, 0.15) is 5.75 Å². The third-order valence-electron chi connectivity index (χ3n) is 2.55. The number of aromatic hydroxyl groups is 1. The number of halogens is 1. The van der Waals surface area contributed by atoms with Gasteiger partial charge in [-0.3, -0.25) is 10.1 Å². The number of anilines is 1. The molecule has 2 aromatic rings. The maximum Gasteiger partial charge on any atom is 0.271 e. The number of rotatable bonds is 4.